The van der Waals surface area contributed by atoms with E-state index in [0.717, 1.165) is 56.1 Å². The van der Waals surface area contributed by atoms with Gasteiger partial charge in [-0.3, -0.25) is 9.48 Å². The fourth-order valence-electron chi connectivity index (χ4n) is 4.70. The van der Waals surface area contributed by atoms with Crippen LogP contribution in [0.15, 0.2) is 24.7 Å². The Labute approximate surface area is 206 Å². The largest absolute Gasteiger partial charge is 0.492 e. The topological polar surface area (TPSA) is 100 Å². The van der Waals surface area contributed by atoms with Gasteiger partial charge in [-0.05, 0) is 71.2 Å². The summed E-state index contributed by atoms with van der Waals surface area (Å²) >= 11 is 0. The third-order valence-electron chi connectivity index (χ3n) is 7.03. The number of carbonyl (C=O) groups excluding carboxylic acids is 1. The summed E-state index contributed by atoms with van der Waals surface area (Å²) in [7, 11) is 2.17. The van der Waals surface area contributed by atoms with Gasteiger partial charge in [-0.25, -0.2) is 4.98 Å². The molecule has 4 heterocycles. The van der Waals surface area contributed by atoms with E-state index in [2.05, 4.69) is 38.4 Å². The van der Waals surface area contributed by atoms with E-state index in [0.29, 0.717) is 31.0 Å². The molecule has 35 heavy (non-hydrogen) atoms. The number of likely N-dealkylation sites (tertiary alicyclic amines) is 1. The molecule has 10 nitrogen and oxygen atoms in total. The smallest absolute Gasteiger partial charge is 0.260 e. The third kappa shape index (κ3) is 5.93. The molecule has 1 amide bonds. The molecule has 0 atom stereocenters. The lowest BCUT2D eigenvalue weighted by Crippen LogP contribution is -2.34. The van der Waals surface area contributed by atoms with Crippen LogP contribution < -0.4 is 10.6 Å². The molecule has 2 aromatic rings. The summed E-state index contributed by atoms with van der Waals surface area (Å²) in [5.74, 6) is 2.02. The molecule has 0 radical (unpaired) electrons. The fraction of sp³-hybridized carbons (Fsp3) is 0.600. The van der Waals surface area contributed by atoms with Crippen LogP contribution in [-0.4, -0.2) is 81.8 Å². The zero-order valence-corrected chi connectivity index (χ0v) is 20.7. The summed E-state index contributed by atoms with van der Waals surface area (Å²) in [6.45, 7) is 6.35. The van der Waals surface area contributed by atoms with Crippen LogP contribution in [0, 0.1) is 6.92 Å². The lowest BCUT2D eigenvalue weighted by atomic mass is 10.1. The molecule has 2 fully saturated rings. The van der Waals surface area contributed by atoms with Gasteiger partial charge in [-0.15, -0.1) is 0 Å². The van der Waals surface area contributed by atoms with Gasteiger partial charge in [0.2, 0.25) is 5.95 Å². The molecule has 0 unspecified atom stereocenters. The number of amides is 1. The van der Waals surface area contributed by atoms with Crippen LogP contribution in [0.4, 0.5) is 17.5 Å². The number of carbonyl (C=O) groups is 1. The maximum absolute atomic E-state index is 12.1. The Morgan fingerprint density at radius 2 is 2.03 bits per heavy atom. The number of rotatable bonds is 9. The van der Waals surface area contributed by atoms with Crippen molar-refractivity contribution in [1.82, 2.24) is 29.5 Å². The predicted octanol–water partition coefficient (Wildman–Crippen LogP) is 3.04. The second kappa shape index (κ2) is 10.6. The minimum Gasteiger partial charge on any atom is -0.492 e. The first-order valence-corrected chi connectivity index (χ1v) is 12.7. The number of hydrogen-bond acceptors (Lipinski definition) is 8. The van der Waals surface area contributed by atoms with E-state index in [4.69, 9.17) is 14.8 Å². The molecule has 1 saturated heterocycles. The van der Waals surface area contributed by atoms with Gasteiger partial charge in [0.05, 0.1) is 23.7 Å². The van der Waals surface area contributed by atoms with Crippen molar-refractivity contribution in [3.05, 3.63) is 36.0 Å². The normalized spacial score (nSPS) is 19.5. The number of hydrogen-bond donors (Lipinski definition) is 2. The van der Waals surface area contributed by atoms with Crippen molar-refractivity contribution < 1.29 is 9.53 Å². The molecule has 1 aliphatic carbocycles. The predicted molar refractivity (Wildman–Crippen MR) is 135 cm³/mol. The highest BCUT2D eigenvalue weighted by Crippen LogP contribution is 2.43. The van der Waals surface area contributed by atoms with Crippen molar-refractivity contribution in [3.63, 3.8) is 0 Å². The first-order valence-electron chi connectivity index (χ1n) is 12.7. The highest BCUT2D eigenvalue weighted by molar-refractivity contribution is 5.77. The van der Waals surface area contributed by atoms with Gasteiger partial charge in [0.25, 0.3) is 5.91 Å². The first-order chi connectivity index (χ1) is 17.1. The fourth-order valence-corrected chi connectivity index (χ4v) is 4.70. The molecule has 188 valence electrons. The van der Waals surface area contributed by atoms with Gasteiger partial charge in [0.15, 0.2) is 6.61 Å². The second-order valence-corrected chi connectivity index (χ2v) is 9.84. The summed E-state index contributed by atoms with van der Waals surface area (Å²) in [4.78, 5) is 25.7. The van der Waals surface area contributed by atoms with Crippen LogP contribution in [0.2, 0.25) is 0 Å². The van der Waals surface area contributed by atoms with E-state index in [-0.39, 0.29) is 12.5 Å². The van der Waals surface area contributed by atoms with Gasteiger partial charge < -0.3 is 25.2 Å². The Balaban J connectivity index is 1.21. The molecule has 1 saturated carbocycles. The van der Waals surface area contributed by atoms with Crippen LogP contribution in [0.5, 0.6) is 0 Å². The highest BCUT2D eigenvalue weighted by Gasteiger charge is 2.28. The molecule has 10 heteroatoms. The minimum atomic E-state index is 0.0263. The van der Waals surface area contributed by atoms with E-state index in [9.17, 15) is 4.79 Å². The zero-order valence-electron chi connectivity index (χ0n) is 20.7. The monoisotopic (exact) mass is 480 g/mol. The molecular formula is C25H36N8O2. The Kier molecular flexibility index (Phi) is 7.17. The zero-order chi connectivity index (χ0) is 24.2. The number of anilines is 3. The van der Waals surface area contributed by atoms with Crippen molar-refractivity contribution in [2.24, 2.45) is 0 Å². The molecule has 3 aliphatic rings. The maximum atomic E-state index is 12.1. The quantitative estimate of drug-likeness (QED) is 0.528. The van der Waals surface area contributed by atoms with E-state index in [1.54, 1.807) is 6.26 Å². The summed E-state index contributed by atoms with van der Waals surface area (Å²) in [5.41, 5.74) is 3.08. The number of nitrogens with zero attached hydrogens (tertiary/aromatic N) is 6. The highest BCUT2D eigenvalue weighted by atomic mass is 16.5. The van der Waals surface area contributed by atoms with Crippen molar-refractivity contribution in [3.8, 4) is 0 Å². The molecular weight excluding hydrogens is 444 g/mol. The Morgan fingerprint density at radius 1 is 1.20 bits per heavy atom. The Morgan fingerprint density at radius 3 is 2.83 bits per heavy atom. The Bertz CT molecular complexity index is 1060. The molecule has 2 aliphatic heterocycles. The van der Waals surface area contributed by atoms with Gasteiger partial charge in [0, 0.05) is 37.6 Å². The summed E-state index contributed by atoms with van der Waals surface area (Å²) in [6, 6.07) is 0.439. The summed E-state index contributed by atoms with van der Waals surface area (Å²) < 4.78 is 7.26. The average molecular weight is 481 g/mol. The number of ether oxygens (including phenoxy) is 1. The molecule has 0 bridgehead atoms. The van der Waals surface area contributed by atoms with Gasteiger partial charge in [0.1, 0.15) is 5.82 Å². The molecule has 5 rings (SSSR count). The summed E-state index contributed by atoms with van der Waals surface area (Å²) in [5, 5.41) is 11.7. The van der Waals surface area contributed by atoms with Crippen molar-refractivity contribution in [2.45, 2.75) is 51.0 Å². The number of aryl methyl sites for hydroxylation is 1. The van der Waals surface area contributed by atoms with Gasteiger partial charge >= 0.3 is 0 Å². The van der Waals surface area contributed by atoms with Crippen LogP contribution in [0.25, 0.3) is 0 Å². The lowest BCUT2D eigenvalue weighted by Gasteiger charge is -2.28. The molecule has 0 aromatic carbocycles. The maximum Gasteiger partial charge on any atom is 0.260 e. The van der Waals surface area contributed by atoms with Crippen LogP contribution in [0.3, 0.4) is 0 Å². The lowest BCUT2D eigenvalue weighted by molar-refractivity contribution is -0.133. The number of aromatic nitrogens is 4. The van der Waals surface area contributed by atoms with E-state index >= 15 is 0 Å². The molecule has 2 N–H and O–H groups in total. The van der Waals surface area contributed by atoms with E-state index in [1.807, 2.05) is 24.1 Å². The first kappa shape index (κ1) is 23.6. The van der Waals surface area contributed by atoms with E-state index in [1.165, 1.54) is 18.4 Å². The molecule has 2 aromatic heterocycles. The van der Waals surface area contributed by atoms with Crippen LogP contribution >= 0.6 is 0 Å². The van der Waals surface area contributed by atoms with E-state index < -0.39 is 0 Å². The number of piperidine rings is 1. The van der Waals surface area contributed by atoms with Crippen molar-refractivity contribution in [1.29, 1.82) is 0 Å². The third-order valence-corrected chi connectivity index (χ3v) is 7.03. The summed E-state index contributed by atoms with van der Waals surface area (Å²) in [6.07, 6.45) is 13.0. The second-order valence-electron chi connectivity index (χ2n) is 9.84. The van der Waals surface area contributed by atoms with Gasteiger partial charge in [-0.1, -0.05) is 0 Å². The minimum absolute atomic E-state index is 0.0263. The SMILES string of the molecule is Cc1nn(C2CCN(C)CC2)cc1Nc1ncc(C2CC2)c(NCCCN2CC=COCC2=O)n1. The Hall–Kier alpha value is -3.14. The standard InChI is InChI=1S/C25H36N8O2/c1-18-22(16-33(30-18)20-7-12-31(2)13-8-20)28-25-27-15-21(19-5-6-19)24(29-25)26-9-3-10-32-11-4-14-35-17-23(32)34/h4,14-16,19-20H,3,5-13,17H2,1-2H3,(H2,26,27,28,29). The van der Waals surface area contributed by atoms with Crippen LogP contribution in [0.1, 0.15) is 55.3 Å². The van der Waals surface area contributed by atoms with Crippen molar-refractivity contribution >= 4 is 23.4 Å². The average Bonchev–Trinajstić information content (AvgIpc) is 3.66. The van der Waals surface area contributed by atoms with Gasteiger partial charge in [-0.2, -0.15) is 10.1 Å². The molecule has 0 spiro atoms. The van der Waals surface area contributed by atoms with Crippen LogP contribution in [-0.2, 0) is 9.53 Å². The number of nitrogens with one attached hydrogen (secondary N) is 2. The van der Waals surface area contributed by atoms with Crippen molar-refractivity contribution in [2.75, 3.05) is 57.0 Å².